The van der Waals surface area contributed by atoms with Crippen molar-refractivity contribution in [3.63, 3.8) is 0 Å². The fourth-order valence-electron chi connectivity index (χ4n) is 6.89. The van der Waals surface area contributed by atoms with Gasteiger partial charge in [-0.1, -0.05) is 82.8 Å². The highest BCUT2D eigenvalue weighted by atomic mass is 19.4. The van der Waals surface area contributed by atoms with Gasteiger partial charge in [0.25, 0.3) is 0 Å². The van der Waals surface area contributed by atoms with E-state index < -0.39 is 17.2 Å². The van der Waals surface area contributed by atoms with E-state index in [0.717, 1.165) is 47.1 Å². The zero-order chi connectivity index (χ0) is 30.7. The maximum Gasteiger partial charge on any atom is 0.416 e. The number of hydrogen-bond acceptors (Lipinski definition) is 2. The van der Waals surface area contributed by atoms with Gasteiger partial charge in [0.1, 0.15) is 0 Å². The highest BCUT2D eigenvalue weighted by Crippen LogP contribution is 2.53. The maximum absolute atomic E-state index is 13.5. The van der Waals surface area contributed by atoms with E-state index in [1.165, 1.54) is 46.0 Å². The number of carbonyl (C=O) groups is 1. The molecule has 0 saturated heterocycles. The van der Waals surface area contributed by atoms with Crippen molar-refractivity contribution in [3.8, 4) is 33.4 Å². The van der Waals surface area contributed by atoms with Crippen LogP contribution >= 0.6 is 0 Å². The molecule has 2 aliphatic carbocycles. The van der Waals surface area contributed by atoms with Crippen LogP contribution in [-0.4, -0.2) is 12.6 Å². The van der Waals surface area contributed by atoms with Gasteiger partial charge in [0, 0.05) is 16.9 Å². The molecule has 4 aromatic rings. The molecule has 0 saturated carbocycles. The average molecular weight is 581 g/mol. The van der Waals surface area contributed by atoms with Gasteiger partial charge in [0.15, 0.2) is 0 Å². The van der Waals surface area contributed by atoms with E-state index in [9.17, 15) is 18.0 Å². The van der Waals surface area contributed by atoms with Crippen molar-refractivity contribution in [1.29, 1.82) is 0 Å². The standard InChI is InChI=1S/C38H35F3O2/c1-6-35(42)43-18-8-7-9-23-10-14-27-28-15-11-24(20-33(28)37(4,5)32(27)19-23)25-12-16-29-30-22-26(38(39,40)41)13-17-31(30)36(2,3)34(29)21-25/h6,10-17,19-22H,1,7-9,18H2,2-5H3. The minimum atomic E-state index is -4.38. The normalized spacial score (nSPS) is 15.3. The lowest BCUT2D eigenvalue weighted by Crippen LogP contribution is -2.16. The molecule has 0 amide bonds. The van der Waals surface area contributed by atoms with Gasteiger partial charge in [-0.05, 0) is 105 Å². The van der Waals surface area contributed by atoms with Crippen molar-refractivity contribution >= 4 is 5.97 Å². The molecule has 2 nitrogen and oxygen atoms in total. The highest BCUT2D eigenvalue weighted by Gasteiger charge is 2.39. The first-order chi connectivity index (χ1) is 20.3. The Morgan fingerprint density at radius 3 is 1.88 bits per heavy atom. The second kappa shape index (κ2) is 10.3. The number of ether oxygens (including phenoxy) is 1. The molecule has 0 radical (unpaired) electrons. The fraction of sp³-hybridized carbons (Fsp3) is 0.289. The molecule has 0 fully saturated rings. The summed E-state index contributed by atoms with van der Waals surface area (Å²) in [6.07, 6.45) is -0.549. The molecule has 0 N–H and O–H groups in total. The molecule has 6 rings (SSSR count). The van der Waals surface area contributed by atoms with E-state index in [-0.39, 0.29) is 11.4 Å². The Hall–Kier alpha value is -4.12. The third kappa shape index (κ3) is 4.89. The molecule has 0 heterocycles. The number of benzene rings is 4. The lowest BCUT2D eigenvalue weighted by atomic mass is 9.80. The summed E-state index contributed by atoms with van der Waals surface area (Å²) < 4.78 is 45.6. The molecule has 0 aromatic heterocycles. The molecule has 0 aliphatic heterocycles. The summed E-state index contributed by atoms with van der Waals surface area (Å²) in [5.74, 6) is -0.385. The van der Waals surface area contributed by atoms with Gasteiger partial charge in [-0.15, -0.1) is 0 Å². The average Bonchev–Trinajstić information content (AvgIpc) is 3.34. The molecule has 0 unspecified atom stereocenters. The van der Waals surface area contributed by atoms with Crippen LogP contribution in [0.4, 0.5) is 13.2 Å². The predicted molar refractivity (Wildman–Crippen MR) is 166 cm³/mol. The molecule has 0 spiro atoms. The summed E-state index contributed by atoms with van der Waals surface area (Å²) in [5.41, 5.74) is 10.8. The van der Waals surface area contributed by atoms with Gasteiger partial charge in [-0.3, -0.25) is 0 Å². The van der Waals surface area contributed by atoms with Crippen LogP contribution in [0.5, 0.6) is 0 Å². The van der Waals surface area contributed by atoms with Crippen LogP contribution in [0.2, 0.25) is 0 Å². The Kier molecular flexibility index (Phi) is 6.91. The molecular weight excluding hydrogens is 545 g/mol. The van der Waals surface area contributed by atoms with Crippen molar-refractivity contribution < 1.29 is 22.7 Å². The number of hydrogen-bond donors (Lipinski definition) is 0. The van der Waals surface area contributed by atoms with Crippen LogP contribution in [0.3, 0.4) is 0 Å². The second-order valence-electron chi connectivity index (χ2n) is 12.7. The number of unbranched alkanes of at least 4 members (excludes halogenated alkanes) is 1. The zero-order valence-electron chi connectivity index (χ0n) is 25.0. The number of esters is 1. The summed E-state index contributed by atoms with van der Waals surface area (Å²) in [5, 5.41) is 0. The molecule has 0 bridgehead atoms. The molecular formula is C38H35F3O2. The van der Waals surface area contributed by atoms with Gasteiger partial charge < -0.3 is 4.74 Å². The van der Waals surface area contributed by atoms with Crippen LogP contribution in [0.25, 0.3) is 33.4 Å². The summed E-state index contributed by atoms with van der Waals surface area (Å²) in [6, 6.07) is 23.7. The van der Waals surface area contributed by atoms with Crippen molar-refractivity contribution in [2.24, 2.45) is 0 Å². The molecule has 0 atom stereocenters. The minimum Gasteiger partial charge on any atom is -0.463 e. The Labute approximate surface area is 251 Å². The van der Waals surface area contributed by atoms with Gasteiger partial charge in [0.05, 0.1) is 12.2 Å². The number of fused-ring (bicyclic) bond motifs is 6. The Bertz CT molecular complexity index is 1770. The third-order valence-electron chi connectivity index (χ3n) is 9.35. The van der Waals surface area contributed by atoms with Gasteiger partial charge in [-0.25, -0.2) is 4.79 Å². The van der Waals surface area contributed by atoms with Crippen LogP contribution in [-0.2, 0) is 33.0 Å². The first-order valence-corrected chi connectivity index (χ1v) is 14.8. The van der Waals surface area contributed by atoms with E-state index in [0.29, 0.717) is 12.2 Å². The van der Waals surface area contributed by atoms with Crippen LogP contribution < -0.4 is 0 Å². The Morgan fingerprint density at radius 2 is 1.28 bits per heavy atom. The minimum absolute atomic E-state index is 0.184. The van der Waals surface area contributed by atoms with Crippen LogP contribution in [0.1, 0.15) is 73.9 Å². The highest BCUT2D eigenvalue weighted by molar-refractivity contribution is 5.87. The van der Waals surface area contributed by atoms with E-state index in [1.54, 1.807) is 6.07 Å². The van der Waals surface area contributed by atoms with Crippen molar-refractivity contribution in [3.05, 3.63) is 119 Å². The van der Waals surface area contributed by atoms with Crippen molar-refractivity contribution in [2.45, 2.75) is 64.0 Å². The van der Waals surface area contributed by atoms with Crippen molar-refractivity contribution in [1.82, 2.24) is 0 Å². The predicted octanol–water partition coefficient (Wildman–Crippen LogP) is 10.0. The fourth-order valence-corrected chi connectivity index (χ4v) is 6.89. The number of rotatable bonds is 7. The summed E-state index contributed by atoms with van der Waals surface area (Å²) in [6.45, 7) is 12.5. The zero-order valence-corrected chi connectivity index (χ0v) is 25.0. The number of halogens is 3. The Balaban J connectivity index is 1.28. The summed E-state index contributed by atoms with van der Waals surface area (Å²) in [7, 11) is 0. The van der Waals surface area contributed by atoms with E-state index in [1.807, 2.05) is 12.1 Å². The Morgan fingerprint density at radius 1 is 0.721 bits per heavy atom. The SMILES string of the molecule is C=CC(=O)OCCCCc1ccc2c(c1)C(C)(C)c1cc(-c3ccc4c(c3)C(C)(C)c3ccc(C(F)(F)F)cc3-4)ccc1-2. The quantitative estimate of drug-likeness (QED) is 0.124. The molecule has 4 aromatic carbocycles. The molecule has 220 valence electrons. The monoisotopic (exact) mass is 580 g/mol. The van der Waals surface area contributed by atoms with Crippen molar-refractivity contribution in [2.75, 3.05) is 6.61 Å². The van der Waals surface area contributed by atoms with Crippen LogP contribution in [0.15, 0.2) is 85.5 Å². The lowest BCUT2D eigenvalue weighted by molar-refractivity contribution is -0.138. The van der Waals surface area contributed by atoms with Gasteiger partial charge in [0.2, 0.25) is 0 Å². The summed E-state index contributed by atoms with van der Waals surface area (Å²) >= 11 is 0. The van der Waals surface area contributed by atoms with Crippen LogP contribution in [0, 0.1) is 0 Å². The second-order valence-corrected chi connectivity index (χ2v) is 12.7. The van der Waals surface area contributed by atoms with Gasteiger partial charge >= 0.3 is 12.1 Å². The first-order valence-electron chi connectivity index (χ1n) is 14.8. The molecule has 43 heavy (non-hydrogen) atoms. The smallest absolute Gasteiger partial charge is 0.416 e. The van der Waals surface area contributed by atoms with E-state index in [2.05, 4.69) is 76.7 Å². The molecule has 5 heteroatoms. The number of alkyl halides is 3. The largest absolute Gasteiger partial charge is 0.463 e. The van der Waals surface area contributed by atoms with E-state index >= 15 is 0 Å². The maximum atomic E-state index is 13.5. The van der Waals surface area contributed by atoms with Gasteiger partial charge in [-0.2, -0.15) is 13.2 Å². The topological polar surface area (TPSA) is 26.3 Å². The summed E-state index contributed by atoms with van der Waals surface area (Å²) in [4.78, 5) is 11.3. The van der Waals surface area contributed by atoms with E-state index in [4.69, 9.17) is 4.74 Å². The molecule has 2 aliphatic rings. The third-order valence-corrected chi connectivity index (χ3v) is 9.35. The first kappa shape index (κ1) is 29.0. The lowest BCUT2D eigenvalue weighted by Gasteiger charge is -2.23. The number of carbonyl (C=O) groups excluding carboxylic acids is 1. The number of aryl methyl sites for hydroxylation is 1.